The number of aryl methyl sites for hydroxylation is 1. The van der Waals surface area contributed by atoms with Crippen LogP contribution in [-0.4, -0.2) is 27.3 Å². The molecule has 0 N–H and O–H groups in total. The molecule has 0 atom stereocenters. The number of carbonyl (C=O) groups is 1. The fourth-order valence-electron chi connectivity index (χ4n) is 4.22. The molecule has 1 spiro atoms. The molecule has 2 aromatic rings. The van der Waals surface area contributed by atoms with Crippen LogP contribution in [0.15, 0.2) is 24.3 Å². The van der Waals surface area contributed by atoms with Gasteiger partial charge in [-0.2, -0.15) is 0 Å². The second-order valence-corrected chi connectivity index (χ2v) is 7.23. The van der Waals surface area contributed by atoms with Crippen LogP contribution in [0.2, 0.25) is 0 Å². The second kappa shape index (κ2) is 5.59. The van der Waals surface area contributed by atoms with Gasteiger partial charge < -0.3 is 4.90 Å². The number of fused-ring (bicyclic) bond motifs is 1. The van der Waals surface area contributed by atoms with E-state index in [0.717, 1.165) is 35.4 Å². The van der Waals surface area contributed by atoms with Gasteiger partial charge in [-0.1, -0.05) is 31.4 Å². The molecule has 120 valence electrons. The standard InChI is InChI=1S/C19H23N3O/c1-14-17(21-16-8-4-3-7-15(16)20-14)12-22-13-19(11-18(22)23)9-5-2-6-10-19/h3-4,7-8H,2,5-6,9-13H2,1H3. The van der Waals surface area contributed by atoms with Crippen LogP contribution in [0.1, 0.15) is 49.9 Å². The zero-order chi connectivity index (χ0) is 15.9. The summed E-state index contributed by atoms with van der Waals surface area (Å²) < 4.78 is 0. The van der Waals surface area contributed by atoms with Crippen LogP contribution in [0.25, 0.3) is 11.0 Å². The van der Waals surface area contributed by atoms with E-state index in [9.17, 15) is 4.79 Å². The van der Waals surface area contributed by atoms with Gasteiger partial charge in [0.25, 0.3) is 0 Å². The van der Waals surface area contributed by atoms with Gasteiger partial charge in [0.2, 0.25) is 5.91 Å². The summed E-state index contributed by atoms with van der Waals surface area (Å²) in [6.07, 6.45) is 7.01. The van der Waals surface area contributed by atoms with E-state index < -0.39 is 0 Å². The van der Waals surface area contributed by atoms with Gasteiger partial charge in [0, 0.05) is 13.0 Å². The largest absolute Gasteiger partial charge is 0.336 e. The lowest BCUT2D eigenvalue weighted by Gasteiger charge is -2.32. The van der Waals surface area contributed by atoms with E-state index in [1.807, 2.05) is 36.1 Å². The maximum atomic E-state index is 12.5. The topological polar surface area (TPSA) is 46.1 Å². The van der Waals surface area contributed by atoms with E-state index in [-0.39, 0.29) is 5.41 Å². The van der Waals surface area contributed by atoms with Gasteiger partial charge in [-0.05, 0) is 37.3 Å². The highest BCUT2D eigenvalue weighted by Gasteiger charge is 2.43. The Morgan fingerprint density at radius 3 is 2.52 bits per heavy atom. The maximum absolute atomic E-state index is 12.5. The first-order chi connectivity index (χ1) is 11.2. The summed E-state index contributed by atoms with van der Waals surface area (Å²) in [7, 11) is 0. The Hall–Kier alpha value is -1.97. The molecule has 0 bridgehead atoms. The first-order valence-corrected chi connectivity index (χ1v) is 8.65. The molecule has 1 aliphatic heterocycles. The number of carbonyl (C=O) groups excluding carboxylic acids is 1. The van der Waals surface area contributed by atoms with Crippen LogP contribution < -0.4 is 0 Å². The zero-order valence-corrected chi connectivity index (χ0v) is 13.7. The molecule has 1 saturated heterocycles. The minimum Gasteiger partial charge on any atom is -0.336 e. The highest BCUT2D eigenvalue weighted by molar-refractivity contribution is 5.79. The number of hydrogen-bond donors (Lipinski definition) is 0. The highest BCUT2D eigenvalue weighted by atomic mass is 16.2. The number of nitrogens with zero attached hydrogens (tertiary/aromatic N) is 3. The number of amides is 1. The Morgan fingerprint density at radius 2 is 1.78 bits per heavy atom. The van der Waals surface area contributed by atoms with Gasteiger partial charge >= 0.3 is 0 Å². The van der Waals surface area contributed by atoms with E-state index in [1.165, 1.54) is 32.1 Å². The summed E-state index contributed by atoms with van der Waals surface area (Å²) in [6.45, 7) is 3.50. The molecule has 4 nitrogen and oxygen atoms in total. The van der Waals surface area contributed by atoms with Crippen LogP contribution in [-0.2, 0) is 11.3 Å². The van der Waals surface area contributed by atoms with Gasteiger partial charge in [0.05, 0.1) is 29.0 Å². The molecule has 0 unspecified atom stereocenters. The summed E-state index contributed by atoms with van der Waals surface area (Å²) >= 11 is 0. The predicted molar refractivity (Wildman–Crippen MR) is 89.8 cm³/mol. The van der Waals surface area contributed by atoms with E-state index >= 15 is 0 Å². The quantitative estimate of drug-likeness (QED) is 0.851. The van der Waals surface area contributed by atoms with E-state index in [0.29, 0.717) is 12.5 Å². The van der Waals surface area contributed by atoms with Gasteiger partial charge in [-0.3, -0.25) is 4.79 Å². The summed E-state index contributed by atoms with van der Waals surface area (Å²) in [5.74, 6) is 0.293. The number of hydrogen-bond acceptors (Lipinski definition) is 3. The molecule has 2 aliphatic rings. The van der Waals surface area contributed by atoms with Crippen LogP contribution in [0.5, 0.6) is 0 Å². The molecule has 4 rings (SSSR count). The Balaban J connectivity index is 1.58. The van der Waals surface area contributed by atoms with Crippen LogP contribution in [0.3, 0.4) is 0 Å². The Bertz CT molecular complexity index is 749. The average molecular weight is 309 g/mol. The summed E-state index contributed by atoms with van der Waals surface area (Å²) in [4.78, 5) is 23.9. The summed E-state index contributed by atoms with van der Waals surface area (Å²) in [6, 6.07) is 7.93. The third kappa shape index (κ3) is 2.71. The predicted octanol–water partition coefficient (Wildman–Crippen LogP) is 3.62. The van der Waals surface area contributed by atoms with E-state index in [1.54, 1.807) is 0 Å². The molecule has 23 heavy (non-hydrogen) atoms. The lowest BCUT2D eigenvalue weighted by Crippen LogP contribution is -2.30. The Labute approximate surface area is 136 Å². The monoisotopic (exact) mass is 309 g/mol. The van der Waals surface area contributed by atoms with Crippen molar-refractivity contribution in [3.05, 3.63) is 35.7 Å². The summed E-state index contributed by atoms with van der Waals surface area (Å²) in [5, 5.41) is 0. The molecule has 1 saturated carbocycles. The number of rotatable bonds is 2. The third-order valence-electron chi connectivity index (χ3n) is 5.50. The fraction of sp³-hybridized carbons (Fsp3) is 0.526. The normalized spacial score (nSPS) is 20.6. The summed E-state index contributed by atoms with van der Waals surface area (Å²) in [5.41, 5.74) is 3.94. The molecular formula is C19H23N3O. The zero-order valence-electron chi connectivity index (χ0n) is 13.7. The molecule has 2 fully saturated rings. The van der Waals surface area contributed by atoms with E-state index in [4.69, 9.17) is 4.98 Å². The van der Waals surface area contributed by atoms with Gasteiger partial charge in [0.15, 0.2) is 0 Å². The van der Waals surface area contributed by atoms with Crippen molar-refractivity contribution in [3.63, 3.8) is 0 Å². The van der Waals surface area contributed by atoms with Crippen molar-refractivity contribution in [2.45, 2.75) is 52.0 Å². The van der Waals surface area contributed by atoms with Crippen molar-refractivity contribution >= 4 is 16.9 Å². The number of aromatic nitrogens is 2. The highest BCUT2D eigenvalue weighted by Crippen LogP contribution is 2.44. The van der Waals surface area contributed by atoms with Crippen LogP contribution in [0, 0.1) is 12.3 Å². The molecule has 1 aromatic heterocycles. The lowest BCUT2D eigenvalue weighted by molar-refractivity contribution is -0.128. The number of likely N-dealkylation sites (tertiary alicyclic amines) is 1. The molecule has 4 heteroatoms. The number of para-hydroxylation sites is 2. The minimum absolute atomic E-state index is 0.244. The fourth-order valence-corrected chi connectivity index (χ4v) is 4.22. The van der Waals surface area contributed by atoms with E-state index in [2.05, 4.69) is 4.98 Å². The molecule has 1 aromatic carbocycles. The van der Waals surface area contributed by atoms with Gasteiger partial charge in [-0.25, -0.2) is 9.97 Å². The molecule has 2 heterocycles. The van der Waals surface area contributed by atoms with Crippen molar-refractivity contribution < 1.29 is 4.79 Å². The van der Waals surface area contributed by atoms with Crippen molar-refractivity contribution in [2.75, 3.05) is 6.54 Å². The first kappa shape index (κ1) is 14.6. The SMILES string of the molecule is Cc1nc2ccccc2nc1CN1CC2(CCCCC2)CC1=O. The molecule has 0 radical (unpaired) electrons. The Kier molecular flexibility index (Phi) is 3.55. The average Bonchev–Trinajstić information content (AvgIpc) is 2.84. The second-order valence-electron chi connectivity index (χ2n) is 7.23. The Morgan fingerprint density at radius 1 is 1.09 bits per heavy atom. The van der Waals surface area contributed by atoms with Gasteiger partial charge in [0.1, 0.15) is 0 Å². The molecular weight excluding hydrogens is 286 g/mol. The first-order valence-electron chi connectivity index (χ1n) is 8.65. The van der Waals surface area contributed by atoms with Gasteiger partial charge in [-0.15, -0.1) is 0 Å². The molecule has 1 amide bonds. The van der Waals surface area contributed by atoms with Crippen LogP contribution in [0.4, 0.5) is 0 Å². The number of benzene rings is 1. The minimum atomic E-state index is 0.244. The molecule has 1 aliphatic carbocycles. The van der Waals surface area contributed by atoms with Crippen LogP contribution >= 0.6 is 0 Å². The van der Waals surface area contributed by atoms with Crippen molar-refractivity contribution in [3.8, 4) is 0 Å². The van der Waals surface area contributed by atoms with Crippen molar-refractivity contribution in [1.29, 1.82) is 0 Å². The lowest BCUT2D eigenvalue weighted by atomic mass is 9.73. The third-order valence-corrected chi connectivity index (χ3v) is 5.50. The van der Waals surface area contributed by atoms with Crippen molar-refractivity contribution in [1.82, 2.24) is 14.9 Å². The van der Waals surface area contributed by atoms with Crippen molar-refractivity contribution in [2.24, 2.45) is 5.41 Å². The smallest absolute Gasteiger partial charge is 0.223 e. The maximum Gasteiger partial charge on any atom is 0.223 e.